The Morgan fingerprint density at radius 1 is 0.324 bits per heavy atom. The van der Waals surface area contributed by atoms with E-state index in [1.807, 2.05) is 0 Å². The Balaban J connectivity index is 1.51. The number of thiophene rings is 6. The smallest absolute Gasteiger partial charge is 0.0654 e. The molecular weight excluding hydrogens is 1150 g/mol. The predicted octanol–water partition coefficient (Wildman–Crippen LogP) is 22.6. The number of fused-ring (bicyclic) bond motifs is 1. The van der Waals surface area contributed by atoms with Crippen LogP contribution in [0.2, 0.25) is 29.6 Å². The summed E-state index contributed by atoms with van der Waals surface area (Å²) >= 11 is 8.45. The van der Waals surface area contributed by atoms with Crippen LogP contribution in [0.25, 0.3) is 49.8 Å². The molecule has 0 saturated heterocycles. The first kappa shape index (κ1) is 57.3. The number of unbranched alkanes of at least 4 members (excludes halogenated alkanes) is 20. The van der Waals surface area contributed by atoms with Crippen molar-refractivity contribution in [3.63, 3.8) is 0 Å². The van der Waals surface area contributed by atoms with E-state index in [1.165, 1.54) is 190 Å². The van der Waals surface area contributed by atoms with Crippen LogP contribution in [-0.2, 0) is 25.7 Å². The third-order valence-electron chi connectivity index (χ3n) is 14.1. The predicted molar refractivity (Wildman–Crippen MR) is 327 cm³/mol. The summed E-state index contributed by atoms with van der Waals surface area (Å²) in [6.07, 6.45) is 37.8. The van der Waals surface area contributed by atoms with Gasteiger partial charge in [-0.2, -0.15) is 0 Å². The summed E-state index contributed by atoms with van der Waals surface area (Å²) in [6.45, 7) is 9.37. The summed E-state index contributed by atoms with van der Waals surface area (Å²) in [6, 6.07) is 15.6. The Kier molecular flexibility index (Phi) is 24.6. The first-order valence-corrected chi connectivity index (χ1v) is 52.8. The third kappa shape index (κ3) is 16.5. The van der Waals surface area contributed by atoms with Crippen LogP contribution in [0, 0.1) is 0 Å². The molecule has 0 bridgehead atoms. The van der Waals surface area contributed by atoms with Gasteiger partial charge in [-0.05, 0) is 0 Å². The first-order chi connectivity index (χ1) is 32.9. The molecule has 0 aromatic carbocycles. The van der Waals surface area contributed by atoms with Crippen molar-refractivity contribution in [1.29, 1.82) is 0 Å². The Labute approximate surface area is 449 Å². The van der Waals surface area contributed by atoms with Gasteiger partial charge in [-0.1, -0.05) is 105 Å². The van der Waals surface area contributed by atoms with E-state index in [2.05, 4.69) is 162 Å². The number of rotatable bonds is 34. The van der Waals surface area contributed by atoms with E-state index in [0.717, 1.165) is 0 Å². The topological polar surface area (TPSA) is 0 Å². The van der Waals surface area contributed by atoms with Crippen LogP contribution in [0.15, 0.2) is 36.4 Å². The molecule has 0 spiro atoms. The molecule has 0 amide bonds. The van der Waals surface area contributed by atoms with Crippen molar-refractivity contribution in [2.75, 3.05) is 0 Å². The van der Waals surface area contributed by atoms with E-state index >= 15 is 0 Å². The van der Waals surface area contributed by atoms with Crippen molar-refractivity contribution < 1.29 is 0 Å². The van der Waals surface area contributed by atoms with Crippen LogP contribution in [0.3, 0.4) is 0 Å². The average Bonchev–Trinajstić information content (AvgIpc) is 4.16. The zero-order valence-electron chi connectivity index (χ0n) is 44.7. The van der Waals surface area contributed by atoms with Crippen molar-refractivity contribution in [3.05, 3.63) is 57.3 Å². The summed E-state index contributed by atoms with van der Waals surface area (Å²) in [5, 5.41) is 0. The minimum Gasteiger partial charge on any atom is -0.0654 e. The second-order valence-electron chi connectivity index (χ2n) is 22.3. The van der Waals surface area contributed by atoms with Crippen LogP contribution < -0.4 is 5.79 Å². The molecule has 68 heavy (non-hydrogen) atoms. The van der Waals surface area contributed by atoms with Gasteiger partial charge in [0.1, 0.15) is 0 Å². The van der Waals surface area contributed by atoms with Crippen molar-refractivity contribution in [2.45, 2.75) is 237 Å². The van der Waals surface area contributed by atoms with Crippen LogP contribution >= 0.6 is 68.0 Å². The number of aryl methyl sites for hydroxylation is 4. The number of hydrogen-bond acceptors (Lipinski definition) is 6. The van der Waals surface area contributed by atoms with Gasteiger partial charge in [-0.25, -0.2) is 0 Å². The van der Waals surface area contributed by atoms with E-state index in [0.29, 0.717) is 0 Å². The summed E-state index contributed by atoms with van der Waals surface area (Å²) in [7, 11) is 0. The van der Waals surface area contributed by atoms with E-state index in [-0.39, 0.29) is 0 Å². The van der Waals surface area contributed by atoms with Gasteiger partial charge in [0, 0.05) is 0 Å². The second-order valence-corrected chi connectivity index (χ2v) is 59.6. The first-order valence-electron chi connectivity index (χ1n) is 27.9. The fourth-order valence-electron chi connectivity index (χ4n) is 9.80. The summed E-state index contributed by atoms with van der Waals surface area (Å²) < 4.78 is 6.54. The maximum absolute atomic E-state index is 2.73. The van der Waals surface area contributed by atoms with Gasteiger partial charge in [0.15, 0.2) is 0 Å². The molecule has 0 aliphatic rings. The Bertz CT molecular complexity index is 2130. The molecule has 0 saturated carbocycles. The van der Waals surface area contributed by atoms with Gasteiger partial charge >= 0.3 is 350 Å². The molecule has 6 aromatic rings. The molecule has 0 aliphatic carbocycles. The zero-order chi connectivity index (χ0) is 48.5. The second kappa shape index (κ2) is 29.2. The van der Waals surface area contributed by atoms with Gasteiger partial charge < -0.3 is 0 Å². The molecule has 376 valence electrons. The standard InChI is InChI=1S/C54H74S6.6CH3.2Sn/c1-5-9-13-17-21-25-31-41-39-47(57-43(41)33-27-23-19-15-11-7-3)49-51(45-35-29-37-55-45)59-54-50(52(60-53(49)54)46-36-30-38-56-46)48-40-42(32-26-22-18-14-10-6-2)44(58-48)34-28-24-20-16-12-8-4;;;;;;;;/h29-30,35-36,39-40H,5-28,31-34H2,1-4H3;6*1H3;;. The minimum atomic E-state index is -2.28. The molecule has 0 fully saturated rings. The van der Waals surface area contributed by atoms with Gasteiger partial charge in [0.05, 0.1) is 0 Å². The molecule has 8 heteroatoms. The van der Waals surface area contributed by atoms with E-state index in [9.17, 15) is 0 Å². The van der Waals surface area contributed by atoms with Gasteiger partial charge in [0.25, 0.3) is 0 Å². The fraction of sp³-hybridized carbons (Fsp3) is 0.633. The Morgan fingerprint density at radius 3 is 0.941 bits per heavy atom. The van der Waals surface area contributed by atoms with Crippen LogP contribution in [-0.4, -0.2) is 36.8 Å². The van der Waals surface area contributed by atoms with Crippen molar-refractivity contribution >= 4 is 120 Å². The molecule has 6 rings (SSSR count). The van der Waals surface area contributed by atoms with E-state index in [1.54, 1.807) is 66.7 Å². The van der Waals surface area contributed by atoms with Gasteiger partial charge in [-0.15, -0.1) is 0 Å². The molecule has 0 atom stereocenters. The maximum atomic E-state index is 2.73. The van der Waals surface area contributed by atoms with Crippen molar-refractivity contribution in [3.8, 4) is 40.4 Å². The van der Waals surface area contributed by atoms with Crippen LogP contribution in [0.5, 0.6) is 0 Å². The van der Waals surface area contributed by atoms with Crippen LogP contribution in [0.4, 0.5) is 0 Å². The van der Waals surface area contributed by atoms with Crippen LogP contribution in [0.1, 0.15) is 203 Å². The molecule has 0 radical (unpaired) electrons. The molecule has 0 unspecified atom stereocenters. The van der Waals surface area contributed by atoms with E-state index in [4.69, 9.17) is 0 Å². The minimum absolute atomic E-state index is 1.24. The van der Waals surface area contributed by atoms with Crippen molar-refractivity contribution in [1.82, 2.24) is 0 Å². The average molecular weight is 1240 g/mol. The van der Waals surface area contributed by atoms with Gasteiger partial charge in [-0.3, -0.25) is 0 Å². The molecule has 0 nitrogen and oxygen atoms in total. The summed E-state index contributed by atoms with van der Waals surface area (Å²) in [4.78, 5) is 28.3. The molecular formula is C60H92S6Sn2. The van der Waals surface area contributed by atoms with E-state index < -0.39 is 36.8 Å². The summed E-state index contributed by atoms with van der Waals surface area (Å²) in [5.74, 6) is 0. The fourth-order valence-corrected chi connectivity index (χ4v) is 28.4. The van der Waals surface area contributed by atoms with Gasteiger partial charge in [0.2, 0.25) is 0 Å². The van der Waals surface area contributed by atoms with Crippen molar-refractivity contribution in [2.24, 2.45) is 0 Å². The Hall–Kier alpha value is 0.0574. The normalized spacial score (nSPS) is 12.4. The monoisotopic (exact) mass is 1240 g/mol. The quantitative estimate of drug-likeness (QED) is 0.0279. The molecule has 6 heterocycles. The number of hydrogen-bond donors (Lipinski definition) is 0. The zero-order valence-corrected chi connectivity index (χ0v) is 55.3. The molecule has 0 N–H and O–H groups in total. The third-order valence-corrected chi connectivity index (χ3v) is 40.6. The Morgan fingerprint density at radius 2 is 0.632 bits per heavy atom. The summed E-state index contributed by atoms with van der Waals surface area (Å²) in [5.41, 5.74) is 6.50. The molecule has 0 aliphatic heterocycles. The molecule has 6 aromatic heterocycles. The SMILES string of the molecule is CCCCCCCCc1cc(-c2c(-c3cc[c]([Sn]([CH3])([CH3])[CH3])s3)sc3c(-c4cc(CCCCCCCC)c(CCCCCCCC)s4)c(-c4cc[c]([Sn]([CH3])([CH3])[CH3])s4)sc23)sc1CCCCCCCC.